The fourth-order valence-corrected chi connectivity index (χ4v) is 3.43. The SMILES string of the molecule is CNC(=S)Nc1nc(N2CCCC2)cc(N2CCCCC2C)n1. The van der Waals surface area contributed by atoms with E-state index in [2.05, 4.69) is 38.4 Å². The van der Waals surface area contributed by atoms with Gasteiger partial charge in [-0.3, -0.25) is 0 Å². The summed E-state index contributed by atoms with van der Waals surface area (Å²) < 4.78 is 0. The van der Waals surface area contributed by atoms with Gasteiger partial charge in [-0.15, -0.1) is 0 Å². The molecular formula is C16H26N6S. The Morgan fingerprint density at radius 1 is 1.13 bits per heavy atom. The minimum Gasteiger partial charge on any atom is -0.365 e. The molecule has 2 N–H and O–H groups in total. The molecule has 1 aromatic heterocycles. The standard InChI is InChI=1S/C16H26N6S/c1-12-7-3-4-10-22(12)14-11-13(21-8-5-6-9-21)18-15(19-14)20-16(23)17-2/h11-12H,3-10H2,1-2H3,(H2,17,18,19,20,23). The molecule has 23 heavy (non-hydrogen) atoms. The molecule has 1 atom stereocenters. The Bertz CT molecular complexity index is 558. The van der Waals surface area contributed by atoms with Crippen LogP contribution in [0.4, 0.5) is 17.6 Å². The fraction of sp³-hybridized carbons (Fsp3) is 0.688. The van der Waals surface area contributed by atoms with Gasteiger partial charge in [-0.1, -0.05) is 0 Å². The largest absolute Gasteiger partial charge is 0.365 e. The molecule has 6 nitrogen and oxygen atoms in total. The van der Waals surface area contributed by atoms with Crippen molar-refractivity contribution in [2.24, 2.45) is 0 Å². The van der Waals surface area contributed by atoms with E-state index in [9.17, 15) is 0 Å². The Balaban J connectivity index is 1.91. The zero-order valence-electron chi connectivity index (χ0n) is 14.0. The molecule has 1 aromatic rings. The summed E-state index contributed by atoms with van der Waals surface area (Å²) in [7, 11) is 1.80. The second kappa shape index (κ2) is 7.29. The number of nitrogens with one attached hydrogen (secondary N) is 2. The summed E-state index contributed by atoms with van der Waals surface area (Å²) in [6.45, 7) is 5.49. The molecule has 126 valence electrons. The number of piperidine rings is 1. The minimum atomic E-state index is 0.522. The Hall–Kier alpha value is -1.63. The lowest BCUT2D eigenvalue weighted by molar-refractivity contribution is 0.481. The number of nitrogens with zero attached hydrogens (tertiary/aromatic N) is 4. The van der Waals surface area contributed by atoms with E-state index in [1.165, 1.54) is 32.1 Å². The van der Waals surface area contributed by atoms with Gasteiger partial charge in [0.15, 0.2) is 5.11 Å². The molecule has 0 spiro atoms. The van der Waals surface area contributed by atoms with Crippen LogP contribution in [-0.2, 0) is 0 Å². The number of aromatic nitrogens is 2. The average molecular weight is 334 g/mol. The number of hydrogen-bond donors (Lipinski definition) is 2. The fourth-order valence-electron chi connectivity index (χ4n) is 3.34. The van der Waals surface area contributed by atoms with Gasteiger partial charge in [0.2, 0.25) is 5.95 Å². The zero-order valence-corrected chi connectivity index (χ0v) is 14.8. The number of rotatable bonds is 3. The maximum Gasteiger partial charge on any atom is 0.232 e. The van der Waals surface area contributed by atoms with Crippen molar-refractivity contribution in [3.05, 3.63) is 6.07 Å². The van der Waals surface area contributed by atoms with Gasteiger partial charge in [0.25, 0.3) is 0 Å². The second-order valence-corrected chi connectivity index (χ2v) is 6.75. The van der Waals surface area contributed by atoms with Gasteiger partial charge in [0.1, 0.15) is 11.6 Å². The minimum absolute atomic E-state index is 0.522. The topological polar surface area (TPSA) is 56.3 Å². The highest BCUT2D eigenvalue weighted by Crippen LogP contribution is 2.28. The first kappa shape index (κ1) is 16.2. The number of hydrogen-bond acceptors (Lipinski definition) is 5. The third-order valence-corrected chi connectivity index (χ3v) is 4.98. The second-order valence-electron chi connectivity index (χ2n) is 6.34. The maximum absolute atomic E-state index is 5.21. The lowest BCUT2D eigenvalue weighted by atomic mass is 10.0. The highest BCUT2D eigenvalue weighted by molar-refractivity contribution is 7.80. The Morgan fingerprint density at radius 3 is 2.52 bits per heavy atom. The van der Waals surface area contributed by atoms with E-state index in [4.69, 9.17) is 17.2 Å². The first-order valence-corrected chi connectivity index (χ1v) is 8.97. The van der Waals surface area contributed by atoms with Crippen molar-refractivity contribution < 1.29 is 0 Å². The van der Waals surface area contributed by atoms with Crippen LogP contribution in [-0.4, -0.2) is 47.8 Å². The highest BCUT2D eigenvalue weighted by Gasteiger charge is 2.23. The summed E-state index contributed by atoms with van der Waals surface area (Å²) in [4.78, 5) is 14.1. The summed E-state index contributed by atoms with van der Waals surface area (Å²) in [6.07, 6.45) is 6.22. The summed E-state index contributed by atoms with van der Waals surface area (Å²) in [5.74, 6) is 2.60. The maximum atomic E-state index is 5.21. The van der Waals surface area contributed by atoms with Crippen LogP contribution in [0, 0.1) is 0 Å². The van der Waals surface area contributed by atoms with Crippen molar-refractivity contribution in [1.82, 2.24) is 15.3 Å². The van der Waals surface area contributed by atoms with E-state index in [1.807, 2.05) is 0 Å². The Kier molecular flexibility index (Phi) is 5.15. The van der Waals surface area contributed by atoms with Gasteiger partial charge in [0.05, 0.1) is 0 Å². The van der Waals surface area contributed by atoms with Crippen molar-refractivity contribution in [1.29, 1.82) is 0 Å². The first-order valence-electron chi connectivity index (χ1n) is 8.57. The van der Waals surface area contributed by atoms with Crippen LogP contribution >= 0.6 is 12.2 Å². The van der Waals surface area contributed by atoms with Crippen molar-refractivity contribution in [3.8, 4) is 0 Å². The van der Waals surface area contributed by atoms with E-state index < -0.39 is 0 Å². The van der Waals surface area contributed by atoms with Crippen LogP contribution < -0.4 is 20.4 Å². The summed E-state index contributed by atoms with van der Waals surface area (Å²) in [5, 5.41) is 6.56. The molecule has 0 radical (unpaired) electrons. The predicted octanol–water partition coefficient (Wildman–Crippen LogP) is 2.37. The van der Waals surface area contributed by atoms with Gasteiger partial charge >= 0.3 is 0 Å². The monoisotopic (exact) mass is 334 g/mol. The van der Waals surface area contributed by atoms with Crippen LogP contribution in [0.3, 0.4) is 0 Å². The first-order chi connectivity index (χ1) is 11.2. The zero-order chi connectivity index (χ0) is 16.2. The third-order valence-electron chi connectivity index (χ3n) is 4.68. The summed E-state index contributed by atoms with van der Waals surface area (Å²) in [5.41, 5.74) is 0. The molecule has 2 aliphatic rings. The Labute approximate surface area is 143 Å². The number of anilines is 3. The molecule has 0 aliphatic carbocycles. The van der Waals surface area contributed by atoms with Gasteiger partial charge in [-0.25, -0.2) is 0 Å². The molecule has 3 heterocycles. The van der Waals surface area contributed by atoms with Crippen molar-refractivity contribution in [2.75, 3.05) is 41.8 Å². The van der Waals surface area contributed by atoms with E-state index in [1.54, 1.807) is 7.05 Å². The lowest BCUT2D eigenvalue weighted by Crippen LogP contribution is -2.38. The van der Waals surface area contributed by atoms with Gasteiger partial charge < -0.3 is 20.4 Å². The van der Waals surface area contributed by atoms with E-state index in [0.717, 1.165) is 31.3 Å². The smallest absolute Gasteiger partial charge is 0.232 e. The van der Waals surface area contributed by atoms with E-state index in [-0.39, 0.29) is 0 Å². The summed E-state index contributed by atoms with van der Waals surface area (Å²) in [6, 6.07) is 2.66. The molecular weight excluding hydrogens is 308 g/mol. The quantitative estimate of drug-likeness (QED) is 0.823. The van der Waals surface area contributed by atoms with Gasteiger partial charge in [-0.2, -0.15) is 9.97 Å². The third kappa shape index (κ3) is 3.83. The summed E-state index contributed by atoms with van der Waals surface area (Å²) >= 11 is 5.21. The van der Waals surface area contributed by atoms with E-state index in [0.29, 0.717) is 17.1 Å². The van der Waals surface area contributed by atoms with Crippen LogP contribution in [0.25, 0.3) is 0 Å². The predicted molar refractivity (Wildman–Crippen MR) is 99.4 cm³/mol. The average Bonchev–Trinajstić information content (AvgIpc) is 3.09. The molecule has 2 fully saturated rings. The molecule has 7 heteroatoms. The van der Waals surface area contributed by atoms with Crippen molar-refractivity contribution in [3.63, 3.8) is 0 Å². The van der Waals surface area contributed by atoms with Gasteiger partial charge in [0, 0.05) is 38.8 Å². The van der Waals surface area contributed by atoms with E-state index >= 15 is 0 Å². The molecule has 3 rings (SSSR count). The number of thiocarbonyl (C=S) groups is 1. The van der Waals surface area contributed by atoms with Crippen LogP contribution in [0.5, 0.6) is 0 Å². The molecule has 0 amide bonds. The Morgan fingerprint density at radius 2 is 1.83 bits per heavy atom. The van der Waals surface area contributed by atoms with Crippen molar-refractivity contribution in [2.45, 2.75) is 45.1 Å². The van der Waals surface area contributed by atoms with Crippen LogP contribution in [0.15, 0.2) is 6.07 Å². The van der Waals surface area contributed by atoms with Crippen LogP contribution in [0.2, 0.25) is 0 Å². The normalized spacial score (nSPS) is 21.4. The van der Waals surface area contributed by atoms with Crippen molar-refractivity contribution >= 4 is 34.9 Å². The molecule has 1 unspecified atom stereocenters. The molecule has 0 saturated carbocycles. The molecule has 2 saturated heterocycles. The molecule has 2 aliphatic heterocycles. The molecule has 0 aromatic carbocycles. The molecule has 0 bridgehead atoms. The highest BCUT2D eigenvalue weighted by atomic mass is 32.1. The lowest BCUT2D eigenvalue weighted by Gasteiger charge is -2.35. The van der Waals surface area contributed by atoms with Gasteiger partial charge in [-0.05, 0) is 51.2 Å². The van der Waals surface area contributed by atoms with Crippen LogP contribution in [0.1, 0.15) is 39.0 Å².